The standard InChI is InChI=1S/C12H24N4/c1-10(2)7-11(3)15(4)5-6-16-9-12(13)8-14-16/h8-11H,5-7,13H2,1-4H3. The van der Waals surface area contributed by atoms with Crippen molar-refractivity contribution in [1.29, 1.82) is 0 Å². The molecule has 0 bridgehead atoms. The average molecular weight is 224 g/mol. The molecule has 1 aromatic rings. The maximum Gasteiger partial charge on any atom is 0.0719 e. The van der Waals surface area contributed by atoms with Crippen LogP contribution in [0.5, 0.6) is 0 Å². The van der Waals surface area contributed by atoms with E-state index in [9.17, 15) is 0 Å². The minimum Gasteiger partial charge on any atom is -0.396 e. The van der Waals surface area contributed by atoms with E-state index < -0.39 is 0 Å². The highest BCUT2D eigenvalue weighted by Gasteiger charge is 2.10. The Balaban J connectivity index is 2.31. The summed E-state index contributed by atoms with van der Waals surface area (Å²) >= 11 is 0. The molecule has 0 saturated heterocycles. The summed E-state index contributed by atoms with van der Waals surface area (Å²) in [5, 5.41) is 4.17. The van der Waals surface area contributed by atoms with Gasteiger partial charge in [-0.05, 0) is 26.3 Å². The minimum absolute atomic E-state index is 0.618. The van der Waals surface area contributed by atoms with Crippen LogP contribution in [0.3, 0.4) is 0 Å². The molecule has 16 heavy (non-hydrogen) atoms. The van der Waals surface area contributed by atoms with Gasteiger partial charge in [-0.2, -0.15) is 5.10 Å². The molecule has 0 fully saturated rings. The summed E-state index contributed by atoms with van der Waals surface area (Å²) in [5.41, 5.74) is 6.35. The summed E-state index contributed by atoms with van der Waals surface area (Å²) in [6.45, 7) is 8.71. The van der Waals surface area contributed by atoms with E-state index in [0.29, 0.717) is 6.04 Å². The van der Waals surface area contributed by atoms with Gasteiger partial charge in [0, 0.05) is 18.8 Å². The van der Waals surface area contributed by atoms with Gasteiger partial charge in [-0.25, -0.2) is 0 Å². The summed E-state index contributed by atoms with van der Waals surface area (Å²) in [5.74, 6) is 0.748. The first-order valence-electron chi connectivity index (χ1n) is 5.97. The van der Waals surface area contributed by atoms with Crippen molar-refractivity contribution in [1.82, 2.24) is 14.7 Å². The number of nitrogens with two attached hydrogens (primary N) is 1. The van der Waals surface area contributed by atoms with Crippen LogP contribution < -0.4 is 5.73 Å². The number of hydrogen-bond acceptors (Lipinski definition) is 3. The lowest BCUT2D eigenvalue weighted by Gasteiger charge is -2.25. The van der Waals surface area contributed by atoms with Gasteiger partial charge in [-0.15, -0.1) is 0 Å². The quantitative estimate of drug-likeness (QED) is 0.802. The third-order valence-corrected chi connectivity index (χ3v) is 2.90. The summed E-state index contributed by atoms with van der Waals surface area (Å²) in [4.78, 5) is 2.37. The Morgan fingerprint density at radius 1 is 1.44 bits per heavy atom. The summed E-state index contributed by atoms with van der Waals surface area (Å²) in [7, 11) is 2.17. The molecule has 0 aliphatic heterocycles. The van der Waals surface area contributed by atoms with Crippen LogP contribution in [0.4, 0.5) is 5.69 Å². The number of rotatable bonds is 6. The van der Waals surface area contributed by atoms with E-state index in [2.05, 4.69) is 37.8 Å². The monoisotopic (exact) mass is 224 g/mol. The Morgan fingerprint density at radius 2 is 2.12 bits per heavy atom. The van der Waals surface area contributed by atoms with E-state index >= 15 is 0 Å². The maximum absolute atomic E-state index is 5.61. The van der Waals surface area contributed by atoms with Crippen LogP contribution in [0.2, 0.25) is 0 Å². The fourth-order valence-corrected chi connectivity index (χ4v) is 1.84. The van der Waals surface area contributed by atoms with Crippen LogP contribution in [-0.4, -0.2) is 34.3 Å². The predicted octanol–water partition coefficient (Wildman–Crippen LogP) is 1.83. The molecule has 0 spiro atoms. The average Bonchev–Trinajstić information content (AvgIpc) is 2.59. The van der Waals surface area contributed by atoms with E-state index in [1.54, 1.807) is 6.20 Å². The number of hydrogen-bond donors (Lipinski definition) is 1. The van der Waals surface area contributed by atoms with E-state index in [0.717, 1.165) is 24.7 Å². The fourth-order valence-electron chi connectivity index (χ4n) is 1.84. The molecule has 0 aliphatic rings. The molecule has 1 aromatic heterocycles. The molecular formula is C12H24N4. The van der Waals surface area contributed by atoms with Gasteiger partial charge in [0.25, 0.3) is 0 Å². The van der Waals surface area contributed by atoms with Crippen LogP contribution in [0, 0.1) is 5.92 Å². The molecule has 4 heteroatoms. The van der Waals surface area contributed by atoms with Gasteiger partial charge in [0.1, 0.15) is 0 Å². The Morgan fingerprint density at radius 3 is 2.62 bits per heavy atom. The zero-order valence-electron chi connectivity index (χ0n) is 10.8. The molecule has 2 N–H and O–H groups in total. The number of nitrogens with zero attached hydrogens (tertiary/aromatic N) is 3. The van der Waals surface area contributed by atoms with Gasteiger partial charge >= 0.3 is 0 Å². The topological polar surface area (TPSA) is 47.1 Å². The van der Waals surface area contributed by atoms with Crippen LogP contribution in [-0.2, 0) is 6.54 Å². The minimum atomic E-state index is 0.618. The number of likely N-dealkylation sites (N-methyl/N-ethyl adjacent to an activating group) is 1. The lowest BCUT2D eigenvalue weighted by Crippen LogP contribution is -2.33. The lowest BCUT2D eigenvalue weighted by molar-refractivity contribution is 0.218. The highest BCUT2D eigenvalue weighted by molar-refractivity contribution is 5.30. The van der Waals surface area contributed by atoms with Crippen LogP contribution in [0.1, 0.15) is 27.2 Å². The largest absolute Gasteiger partial charge is 0.396 e. The summed E-state index contributed by atoms with van der Waals surface area (Å²) in [6, 6.07) is 0.618. The van der Waals surface area contributed by atoms with E-state index in [1.807, 2.05) is 10.9 Å². The zero-order chi connectivity index (χ0) is 12.1. The highest BCUT2D eigenvalue weighted by Crippen LogP contribution is 2.09. The molecule has 1 rings (SSSR count). The van der Waals surface area contributed by atoms with Crippen LogP contribution in [0.15, 0.2) is 12.4 Å². The molecule has 1 unspecified atom stereocenters. The second kappa shape index (κ2) is 5.89. The first-order chi connectivity index (χ1) is 7.49. The third-order valence-electron chi connectivity index (χ3n) is 2.90. The van der Waals surface area contributed by atoms with Crippen LogP contribution in [0.25, 0.3) is 0 Å². The van der Waals surface area contributed by atoms with Gasteiger partial charge < -0.3 is 10.6 Å². The molecule has 0 aromatic carbocycles. The van der Waals surface area contributed by atoms with E-state index in [-0.39, 0.29) is 0 Å². The molecule has 0 saturated carbocycles. The molecule has 0 aliphatic carbocycles. The molecule has 1 heterocycles. The molecule has 0 radical (unpaired) electrons. The van der Waals surface area contributed by atoms with E-state index in [1.165, 1.54) is 6.42 Å². The Bertz CT molecular complexity index is 306. The zero-order valence-corrected chi connectivity index (χ0v) is 10.8. The third kappa shape index (κ3) is 4.23. The Labute approximate surface area is 98.4 Å². The molecular weight excluding hydrogens is 200 g/mol. The SMILES string of the molecule is CC(C)CC(C)N(C)CCn1cc(N)cn1. The second-order valence-electron chi connectivity index (χ2n) is 5.00. The summed E-state index contributed by atoms with van der Waals surface area (Å²) in [6.07, 6.45) is 4.80. The first kappa shape index (κ1) is 13.0. The van der Waals surface area contributed by atoms with Crippen molar-refractivity contribution in [2.75, 3.05) is 19.3 Å². The fraction of sp³-hybridized carbons (Fsp3) is 0.750. The lowest BCUT2D eigenvalue weighted by atomic mass is 10.0. The van der Waals surface area contributed by atoms with E-state index in [4.69, 9.17) is 5.73 Å². The Kier molecular flexibility index (Phi) is 4.80. The van der Waals surface area contributed by atoms with Crippen molar-refractivity contribution < 1.29 is 0 Å². The van der Waals surface area contributed by atoms with Crippen molar-refractivity contribution in [3.05, 3.63) is 12.4 Å². The van der Waals surface area contributed by atoms with Gasteiger partial charge in [0.2, 0.25) is 0 Å². The molecule has 1 atom stereocenters. The highest BCUT2D eigenvalue weighted by atomic mass is 15.3. The van der Waals surface area contributed by atoms with Crippen molar-refractivity contribution in [2.45, 2.75) is 39.8 Å². The summed E-state index contributed by atoms with van der Waals surface area (Å²) < 4.78 is 1.90. The van der Waals surface area contributed by atoms with Gasteiger partial charge in [-0.1, -0.05) is 13.8 Å². The maximum atomic E-state index is 5.61. The van der Waals surface area contributed by atoms with Crippen molar-refractivity contribution >= 4 is 5.69 Å². The molecule has 92 valence electrons. The van der Waals surface area contributed by atoms with Crippen LogP contribution >= 0.6 is 0 Å². The Hall–Kier alpha value is -1.03. The van der Waals surface area contributed by atoms with Gasteiger partial charge in [0.15, 0.2) is 0 Å². The number of nitrogen functional groups attached to an aromatic ring is 1. The van der Waals surface area contributed by atoms with Crippen molar-refractivity contribution in [2.24, 2.45) is 5.92 Å². The molecule has 4 nitrogen and oxygen atoms in total. The first-order valence-corrected chi connectivity index (χ1v) is 5.97. The predicted molar refractivity (Wildman–Crippen MR) is 68.2 cm³/mol. The number of anilines is 1. The second-order valence-corrected chi connectivity index (χ2v) is 5.00. The van der Waals surface area contributed by atoms with Gasteiger partial charge in [0.05, 0.1) is 18.4 Å². The number of aromatic nitrogens is 2. The molecule has 0 amide bonds. The van der Waals surface area contributed by atoms with Crippen molar-refractivity contribution in [3.8, 4) is 0 Å². The van der Waals surface area contributed by atoms with Crippen molar-refractivity contribution in [3.63, 3.8) is 0 Å². The van der Waals surface area contributed by atoms with Gasteiger partial charge in [-0.3, -0.25) is 4.68 Å². The normalized spacial score (nSPS) is 13.6. The smallest absolute Gasteiger partial charge is 0.0719 e.